The maximum Gasteiger partial charge on any atom is 0.225 e. The van der Waals surface area contributed by atoms with Crippen molar-refractivity contribution in [3.63, 3.8) is 0 Å². The van der Waals surface area contributed by atoms with Crippen molar-refractivity contribution in [2.24, 2.45) is 5.92 Å². The first-order chi connectivity index (χ1) is 16.0. The van der Waals surface area contributed by atoms with Gasteiger partial charge in [0, 0.05) is 37.7 Å². The van der Waals surface area contributed by atoms with Crippen LogP contribution in [-0.4, -0.2) is 57.7 Å². The highest BCUT2D eigenvalue weighted by Crippen LogP contribution is 2.23. The molecule has 4 rings (SSSR count). The van der Waals surface area contributed by atoms with Crippen LogP contribution in [0, 0.1) is 10.7 Å². The molecule has 1 saturated heterocycles. The standard InChI is InChI=1S/C24H33N5O3S/c1-32-20-11-9-17(10-12-20)22-26-27-24(33)29(22)15-13-21(30)28-14-5-6-18(16-28)23(31)25-19-7-3-2-4-8-19/h9-12,18-19H,2-8,13-16H2,1H3,(H,25,31)(H,27,33). The molecule has 33 heavy (non-hydrogen) atoms. The van der Waals surface area contributed by atoms with Gasteiger partial charge in [0.1, 0.15) is 5.75 Å². The average molecular weight is 472 g/mol. The topological polar surface area (TPSA) is 92.2 Å². The number of benzene rings is 1. The molecule has 8 nitrogen and oxygen atoms in total. The Morgan fingerprint density at radius 3 is 2.64 bits per heavy atom. The normalized spacial score (nSPS) is 19.3. The van der Waals surface area contributed by atoms with E-state index in [9.17, 15) is 9.59 Å². The molecule has 2 aliphatic rings. The van der Waals surface area contributed by atoms with Gasteiger partial charge in [0.05, 0.1) is 13.0 Å². The van der Waals surface area contributed by atoms with Gasteiger partial charge in [-0.15, -0.1) is 0 Å². The van der Waals surface area contributed by atoms with Gasteiger partial charge in [-0.05, 0) is 62.2 Å². The lowest BCUT2D eigenvalue weighted by Gasteiger charge is -2.33. The Bertz CT molecular complexity index is 1010. The van der Waals surface area contributed by atoms with Gasteiger partial charge in [0.25, 0.3) is 0 Å². The van der Waals surface area contributed by atoms with Crippen LogP contribution in [0.25, 0.3) is 11.4 Å². The number of H-pyrrole nitrogens is 1. The van der Waals surface area contributed by atoms with Gasteiger partial charge < -0.3 is 15.0 Å². The lowest BCUT2D eigenvalue weighted by molar-refractivity contribution is -0.136. The number of rotatable bonds is 7. The lowest BCUT2D eigenvalue weighted by Crippen LogP contribution is -2.48. The Kier molecular flexibility index (Phi) is 7.80. The summed E-state index contributed by atoms with van der Waals surface area (Å²) >= 11 is 5.40. The predicted octanol–water partition coefficient (Wildman–Crippen LogP) is 3.69. The van der Waals surface area contributed by atoms with E-state index in [4.69, 9.17) is 17.0 Å². The number of hydrogen-bond acceptors (Lipinski definition) is 5. The predicted molar refractivity (Wildman–Crippen MR) is 128 cm³/mol. The highest BCUT2D eigenvalue weighted by Gasteiger charge is 2.29. The molecule has 9 heteroatoms. The fraction of sp³-hybridized carbons (Fsp3) is 0.583. The Labute approximate surface area is 199 Å². The summed E-state index contributed by atoms with van der Waals surface area (Å²) in [6.07, 6.45) is 7.80. The molecule has 1 aliphatic heterocycles. The van der Waals surface area contributed by atoms with Crippen molar-refractivity contribution in [3.05, 3.63) is 29.0 Å². The number of methoxy groups -OCH3 is 1. The number of nitrogens with zero attached hydrogens (tertiary/aromatic N) is 3. The van der Waals surface area contributed by atoms with Crippen LogP contribution in [0.15, 0.2) is 24.3 Å². The number of piperidine rings is 1. The van der Waals surface area contributed by atoms with Crippen LogP contribution < -0.4 is 10.1 Å². The zero-order valence-electron chi connectivity index (χ0n) is 19.2. The second-order valence-corrected chi connectivity index (χ2v) is 9.39. The second-order valence-electron chi connectivity index (χ2n) is 9.00. The quantitative estimate of drug-likeness (QED) is 0.601. The van der Waals surface area contributed by atoms with Crippen LogP contribution in [0.5, 0.6) is 5.75 Å². The zero-order chi connectivity index (χ0) is 23.2. The molecule has 0 radical (unpaired) electrons. The van der Waals surface area contributed by atoms with Crippen molar-refractivity contribution in [2.45, 2.75) is 64.0 Å². The van der Waals surface area contributed by atoms with Gasteiger partial charge >= 0.3 is 0 Å². The molecule has 1 unspecified atom stereocenters. The summed E-state index contributed by atoms with van der Waals surface area (Å²) < 4.78 is 7.56. The molecule has 1 saturated carbocycles. The minimum atomic E-state index is -0.115. The van der Waals surface area contributed by atoms with Crippen LogP contribution in [0.3, 0.4) is 0 Å². The van der Waals surface area contributed by atoms with Crippen molar-refractivity contribution in [1.29, 1.82) is 0 Å². The largest absolute Gasteiger partial charge is 0.497 e. The monoisotopic (exact) mass is 471 g/mol. The fourth-order valence-corrected chi connectivity index (χ4v) is 5.06. The third-order valence-corrected chi connectivity index (χ3v) is 7.06. The summed E-state index contributed by atoms with van der Waals surface area (Å²) in [6.45, 7) is 1.64. The first kappa shape index (κ1) is 23.5. The van der Waals surface area contributed by atoms with Gasteiger partial charge in [-0.2, -0.15) is 5.10 Å². The van der Waals surface area contributed by atoms with Crippen molar-refractivity contribution >= 4 is 24.0 Å². The molecule has 0 spiro atoms. The number of aromatic nitrogens is 3. The second kappa shape index (κ2) is 11.0. The molecule has 1 aliphatic carbocycles. The van der Waals surface area contributed by atoms with E-state index in [1.807, 2.05) is 33.7 Å². The molecular formula is C24H33N5O3S. The number of amides is 2. The maximum absolute atomic E-state index is 13.0. The third-order valence-electron chi connectivity index (χ3n) is 6.75. The van der Waals surface area contributed by atoms with E-state index >= 15 is 0 Å². The molecule has 2 fully saturated rings. The lowest BCUT2D eigenvalue weighted by atomic mass is 9.93. The van der Waals surface area contributed by atoms with Crippen molar-refractivity contribution < 1.29 is 14.3 Å². The first-order valence-corrected chi connectivity index (χ1v) is 12.3. The summed E-state index contributed by atoms with van der Waals surface area (Å²) in [6, 6.07) is 7.88. The molecule has 1 aromatic carbocycles. The van der Waals surface area contributed by atoms with Gasteiger partial charge in [0.15, 0.2) is 10.6 Å². The van der Waals surface area contributed by atoms with E-state index in [0.717, 1.165) is 37.0 Å². The maximum atomic E-state index is 13.0. The molecule has 178 valence electrons. The number of hydrogen-bond donors (Lipinski definition) is 2. The number of carbonyl (C=O) groups is 2. The number of ether oxygens (including phenoxy) is 1. The molecular weight excluding hydrogens is 438 g/mol. The van der Waals surface area contributed by atoms with E-state index in [0.29, 0.717) is 42.7 Å². The Balaban J connectivity index is 1.34. The van der Waals surface area contributed by atoms with E-state index in [1.54, 1.807) is 7.11 Å². The summed E-state index contributed by atoms with van der Waals surface area (Å²) in [5, 5.41) is 10.4. The summed E-state index contributed by atoms with van der Waals surface area (Å²) in [7, 11) is 1.63. The molecule has 1 aromatic heterocycles. The van der Waals surface area contributed by atoms with Crippen molar-refractivity contribution in [2.75, 3.05) is 20.2 Å². The molecule has 2 aromatic rings. The van der Waals surface area contributed by atoms with Gasteiger partial charge in [-0.3, -0.25) is 19.3 Å². The summed E-state index contributed by atoms with van der Waals surface area (Å²) in [5.41, 5.74) is 0.896. The summed E-state index contributed by atoms with van der Waals surface area (Å²) in [5.74, 6) is 1.50. The Morgan fingerprint density at radius 1 is 1.15 bits per heavy atom. The van der Waals surface area contributed by atoms with E-state index in [-0.39, 0.29) is 17.7 Å². The van der Waals surface area contributed by atoms with Gasteiger partial charge in [-0.25, -0.2) is 0 Å². The minimum Gasteiger partial charge on any atom is -0.497 e. The Morgan fingerprint density at radius 2 is 1.91 bits per heavy atom. The highest BCUT2D eigenvalue weighted by molar-refractivity contribution is 7.71. The van der Waals surface area contributed by atoms with Crippen LogP contribution >= 0.6 is 12.2 Å². The number of likely N-dealkylation sites (tertiary alicyclic amines) is 1. The molecule has 0 bridgehead atoms. The first-order valence-electron chi connectivity index (χ1n) is 11.9. The number of nitrogens with one attached hydrogen (secondary N) is 2. The molecule has 2 heterocycles. The van der Waals surface area contributed by atoms with Gasteiger partial charge in [-0.1, -0.05) is 19.3 Å². The smallest absolute Gasteiger partial charge is 0.225 e. The van der Waals surface area contributed by atoms with Crippen LogP contribution in [0.4, 0.5) is 0 Å². The molecule has 2 N–H and O–H groups in total. The van der Waals surface area contributed by atoms with E-state index in [2.05, 4.69) is 15.5 Å². The van der Waals surface area contributed by atoms with E-state index in [1.165, 1.54) is 19.3 Å². The van der Waals surface area contributed by atoms with Gasteiger partial charge in [0.2, 0.25) is 11.8 Å². The third kappa shape index (κ3) is 5.82. The summed E-state index contributed by atoms with van der Waals surface area (Å²) in [4.78, 5) is 27.6. The SMILES string of the molecule is COc1ccc(-c2n[nH]c(=S)n2CCC(=O)N2CCCC(C(=O)NC3CCCCC3)C2)cc1. The van der Waals surface area contributed by atoms with Crippen molar-refractivity contribution in [3.8, 4) is 17.1 Å². The minimum absolute atomic E-state index is 0.0500. The van der Waals surface area contributed by atoms with Crippen LogP contribution in [0.2, 0.25) is 0 Å². The molecule has 1 atom stereocenters. The zero-order valence-corrected chi connectivity index (χ0v) is 20.0. The van der Waals surface area contributed by atoms with Crippen LogP contribution in [-0.2, 0) is 16.1 Å². The van der Waals surface area contributed by atoms with E-state index < -0.39 is 0 Å². The average Bonchev–Trinajstić information content (AvgIpc) is 3.23. The van der Waals surface area contributed by atoms with Crippen LogP contribution in [0.1, 0.15) is 51.4 Å². The highest BCUT2D eigenvalue weighted by atomic mass is 32.1. The fourth-order valence-electron chi connectivity index (χ4n) is 4.83. The number of carbonyl (C=O) groups excluding carboxylic acids is 2. The Hall–Kier alpha value is -2.68. The van der Waals surface area contributed by atoms with Crippen molar-refractivity contribution in [1.82, 2.24) is 25.0 Å². The number of aromatic amines is 1. The molecule has 2 amide bonds.